The van der Waals surface area contributed by atoms with Gasteiger partial charge in [0.1, 0.15) is 11.4 Å². The molecule has 3 aliphatic carbocycles. The van der Waals surface area contributed by atoms with Crippen molar-refractivity contribution < 1.29 is 15.3 Å². The summed E-state index contributed by atoms with van der Waals surface area (Å²) in [6.45, 7) is 2.42. The van der Waals surface area contributed by atoms with Crippen molar-refractivity contribution in [3.05, 3.63) is 29.3 Å². The zero-order valence-electron chi connectivity index (χ0n) is 15.7. The van der Waals surface area contributed by atoms with Crippen LogP contribution in [0.2, 0.25) is 0 Å². The van der Waals surface area contributed by atoms with Gasteiger partial charge in [-0.15, -0.1) is 5.92 Å². The molecule has 5 atom stereocenters. The van der Waals surface area contributed by atoms with Crippen molar-refractivity contribution in [2.75, 3.05) is 6.61 Å². The van der Waals surface area contributed by atoms with Gasteiger partial charge in [0.25, 0.3) is 0 Å². The molecular formula is C23H30O3. The standard InChI is InChI=1S/C23H30O3/c1-22-12-9-19-18-8-6-17(25)15-16(18)5-7-20(19)21(22)10-13-23(22,26)11-3-2-4-14-24/h6,8,15,19-21,24-26H,2,4-5,7,9-10,12-14H2,1H3/t19?,20?,21?,22-,23-/m0/s1. The Kier molecular flexibility index (Phi) is 4.53. The lowest BCUT2D eigenvalue weighted by atomic mass is 9.53. The SMILES string of the molecule is C[C@]12CCC3c4ccc(O)cc4CCC3C1CC[C@@]2(O)C#CCCCO. The van der Waals surface area contributed by atoms with Gasteiger partial charge in [-0.1, -0.05) is 18.9 Å². The van der Waals surface area contributed by atoms with Gasteiger partial charge in [0.2, 0.25) is 0 Å². The van der Waals surface area contributed by atoms with Crippen LogP contribution in [0.4, 0.5) is 0 Å². The van der Waals surface area contributed by atoms with Crippen LogP contribution in [0.1, 0.15) is 68.9 Å². The molecule has 0 aliphatic heterocycles. The van der Waals surface area contributed by atoms with Crippen LogP contribution in [0.25, 0.3) is 0 Å². The van der Waals surface area contributed by atoms with Crippen LogP contribution >= 0.6 is 0 Å². The molecule has 3 aliphatic rings. The lowest BCUT2D eigenvalue weighted by Crippen LogP contribution is -2.50. The van der Waals surface area contributed by atoms with Gasteiger partial charge >= 0.3 is 0 Å². The van der Waals surface area contributed by atoms with Crippen molar-refractivity contribution in [1.29, 1.82) is 0 Å². The largest absolute Gasteiger partial charge is 0.508 e. The summed E-state index contributed by atoms with van der Waals surface area (Å²) in [6.07, 6.45) is 7.43. The maximum Gasteiger partial charge on any atom is 0.131 e. The number of phenolic OH excluding ortho intramolecular Hbond substituents is 1. The fourth-order valence-corrected chi connectivity index (χ4v) is 6.17. The normalized spacial score (nSPS) is 37.9. The Hall–Kier alpha value is -1.50. The average molecular weight is 354 g/mol. The van der Waals surface area contributed by atoms with Crippen LogP contribution in [-0.2, 0) is 6.42 Å². The van der Waals surface area contributed by atoms with E-state index in [-0.39, 0.29) is 12.0 Å². The predicted molar refractivity (Wildman–Crippen MR) is 102 cm³/mol. The van der Waals surface area contributed by atoms with Crippen molar-refractivity contribution in [3.63, 3.8) is 0 Å². The summed E-state index contributed by atoms with van der Waals surface area (Å²) in [5.74, 6) is 8.40. The van der Waals surface area contributed by atoms with E-state index in [1.54, 1.807) is 0 Å². The first kappa shape index (κ1) is 17.9. The predicted octanol–water partition coefficient (Wildman–Crippen LogP) is 3.76. The topological polar surface area (TPSA) is 60.7 Å². The Labute approximate surface area is 156 Å². The molecule has 0 heterocycles. The van der Waals surface area contributed by atoms with Gasteiger partial charge in [0.15, 0.2) is 0 Å². The number of unbranched alkanes of at least 4 members (excludes halogenated alkanes) is 1. The van der Waals surface area contributed by atoms with E-state index in [0.29, 0.717) is 36.3 Å². The van der Waals surface area contributed by atoms with E-state index in [2.05, 4.69) is 24.8 Å². The molecule has 140 valence electrons. The molecule has 3 unspecified atom stereocenters. The number of hydrogen-bond donors (Lipinski definition) is 3. The van der Waals surface area contributed by atoms with Crippen LogP contribution in [0, 0.1) is 29.1 Å². The van der Waals surface area contributed by atoms with E-state index < -0.39 is 5.60 Å². The fraction of sp³-hybridized carbons (Fsp3) is 0.652. The smallest absolute Gasteiger partial charge is 0.131 e. The average Bonchev–Trinajstić information content (AvgIpc) is 2.90. The summed E-state index contributed by atoms with van der Waals surface area (Å²) in [6, 6.07) is 5.89. The Morgan fingerprint density at radius 1 is 1.19 bits per heavy atom. The second kappa shape index (κ2) is 6.59. The van der Waals surface area contributed by atoms with Crippen LogP contribution in [-0.4, -0.2) is 27.5 Å². The van der Waals surface area contributed by atoms with Crippen molar-refractivity contribution in [2.24, 2.45) is 17.3 Å². The molecule has 4 rings (SSSR count). The first-order valence-corrected chi connectivity index (χ1v) is 10.1. The minimum absolute atomic E-state index is 0.130. The maximum atomic E-state index is 11.4. The van der Waals surface area contributed by atoms with Crippen LogP contribution in [0.3, 0.4) is 0 Å². The lowest BCUT2D eigenvalue weighted by molar-refractivity contribution is -0.0648. The second-order valence-electron chi connectivity index (χ2n) is 8.78. The first-order valence-electron chi connectivity index (χ1n) is 10.1. The van der Waals surface area contributed by atoms with E-state index in [4.69, 9.17) is 5.11 Å². The van der Waals surface area contributed by atoms with E-state index in [9.17, 15) is 10.2 Å². The molecule has 26 heavy (non-hydrogen) atoms. The summed E-state index contributed by atoms with van der Waals surface area (Å²) in [4.78, 5) is 0. The van der Waals surface area contributed by atoms with Crippen LogP contribution in [0.5, 0.6) is 5.75 Å². The molecule has 2 fully saturated rings. The van der Waals surface area contributed by atoms with Gasteiger partial charge in [-0.2, -0.15) is 0 Å². The molecule has 0 amide bonds. The molecule has 0 aromatic heterocycles. The van der Waals surface area contributed by atoms with Crippen molar-refractivity contribution in [2.45, 2.75) is 69.8 Å². The highest BCUT2D eigenvalue weighted by Gasteiger charge is 2.61. The van der Waals surface area contributed by atoms with E-state index in [1.807, 2.05) is 12.1 Å². The van der Waals surface area contributed by atoms with E-state index in [0.717, 1.165) is 38.5 Å². The third-order valence-electron chi connectivity index (χ3n) is 7.62. The monoisotopic (exact) mass is 354 g/mol. The molecule has 3 nitrogen and oxygen atoms in total. The van der Waals surface area contributed by atoms with Gasteiger partial charge in [-0.3, -0.25) is 0 Å². The molecule has 0 spiro atoms. The van der Waals surface area contributed by atoms with Gasteiger partial charge in [0.05, 0.1) is 0 Å². The highest BCUT2D eigenvalue weighted by atomic mass is 16.3. The van der Waals surface area contributed by atoms with Gasteiger partial charge < -0.3 is 15.3 Å². The van der Waals surface area contributed by atoms with Gasteiger partial charge in [-0.05, 0) is 86.0 Å². The van der Waals surface area contributed by atoms with Crippen molar-refractivity contribution >= 4 is 0 Å². The molecule has 0 bridgehead atoms. The molecular weight excluding hydrogens is 324 g/mol. The molecule has 1 aromatic rings. The van der Waals surface area contributed by atoms with E-state index >= 15 is 0 Å². The number of rotatable bonds is 2. The Morgan fingerprint density at radius 2 is 2.04 bits per heavy atom. The molecule has 3 N–H and O–H groups in total. The highest BCUT2D eigenvalue weighted by Crippen LogP contribution is 2.64. The number of aromatic hydroxyl groups is 1. The summed E-state index contributed by atoms with van der Waals surface area (Å²) in [5.41, 5.74) is 1.72. The summed E-state index contributed by atoms with van der Waals surface area (Å²) in [5, 5.41) is 30.1. The summed E-state index contributed by atoms with van der Waals surface area (Å²) >= 11 is 0. The van der Waals surface area contributed by atoms with Crippen molar-refractivity contribution in [3.8, 4) is 17.6 Å². The number of fused-ring (bicyclic) bond motifs is 5. The molecule has 3 heteroatoms. The van der Waals surface area contributed by atoms with Crippen LogP contribution in [0.15, 0.2) is 18.2 Å². The summed E-state index contributed by atoms with van der Waals surface area (Å²) in [7, 11) is 0. The van der Waals surface area contributed by atoms with Crippen LogP contribution < -0.4 is 0 Å². The molecule has 2 saturated carbocycles. The molecule has 0 radical (unpaired) electrons. The highest BCUT2D eigenvalue weighted by molar-refractivity contribution is 5.40. The third-order valence-corrected chi connectivity index (χ3v) is 7.62. The Morgan fingerprint density at radius 3 is 2.85 bits per heavy atom. The quantitative estimate of drug-likeness (QED) is 0.560. The van der Waals surface area contributed by atoms with E-state index in [1.165, 1.54) is 11.1 Å². The fourth-order valence-electron chi connectivity index (χ4n) is 6.17. The Balaban J connectivity index is 1.60. The zero-order chi connectivity index (χ0) is 18.4. The minimum atomic E-state index is -0.882. The van der Waals surface area contributed by atoms with Gasteiger partial charge in [0, 0.05) is 18.4 Å². The molecule has 1 aromatic carbocycles. The van der Waals surface area contributed by atoms with Gasteiger partial charge in [-0.25, -0.2) is 0 Å². The maximum absolute atomic E-state index is 11.4. The number of aliphatic hydroxyl groups excluding tert-OH is 1. The third kappa shape index (κ3) is 2.66. The number of benzene rings is 1. The number of hydrogen-bond acceptors (Lipinski definition) is 3. The number of aliphatic hydroxyl groups is 2. The lowest BCUT2D eigenvalue weighted by Gasteiger charge is -2.52. The minimum Gasteiger partial charge on any atom is -0.508 e. The Bertz CT molecular complexity index is 746. The molecule has 0 saturated heterocycles. The summed E-state index contributed by atoms with van der Waals surface area (Å²) < 4.78 is 0. The zero-order valence-corrected chi connectivity index (χ0v) is 15.7. The van der Waals surface area contributed by atoms with Crippen molar-refractivity contribution in [1.82, 2.24) is 0 Å². The number of aryl methyl sites for hydroxylation is 1. The number of phenols is 1. The second-order valence-corrected chi connectivity index (χ2v) is 8.78. The first-order chi connectivity index (χ1) is 12.5.